The van der Waals surface area contributed by atoms with E-state index in [1.54, 1.807) is 7.11 Å². The first-order valence-corrected chi connectivity index (χ1v) is 7.74. The lowest BCUT2D eigenvalue weighted by Crippen LogP contribution is -2.42. The van der Waals surface area contributed by atoms with E-state index in [1.807, 2.05) is 0 Å². The number of methoxy groups -OCH3 is 1. The molecule has 0 spiro atoms. The van der Waals surface area contributed by atoms with Crippen LogP contribution in [-0.2, 0) is 4.74 Å². The first-order valence-electron chi connectivity index (χ1n) is 7.74. The molecular formula is C15H32N2O. The van der Waals surface area contributed by atoms with Gasteiger partial charge in [-0.05, 0) is 26.3 Å². The molecule has 108 valence electrons. The summed E-state index contributed by atoms with van der Waals surface area (Å²) in [6.07, 6.45) is 8.44. The molecule has 0 aromatic rings. The van der Waals surface area contributed by atoms with E-state index < -0.39 is 0 Å². The third kappa shape index (κ3) is 6.17. The maximum atomic E-state index is 5.24. The first-order chi connectivity index (χ1) is 8.77. The van der Waals surface area contributed by atoms with Gasteiger partial charge >= 0.3 is 0 Å². The minimum absolute atomic E-state index is 0.524. The van der Waals surface area contributed by atoms with Gasteiger partial charge < -0.3 is 10.1 Å². The van der Waals surface area contributed by atoms with Gasteiger partial charge in [0.15, 0.2) is 0 Å². The Bertz CT molecular complexity index is 191. The minimum Gasteiger partial charge on any atom is -0.383 e. The van der Waals surface area contributed by atoms with Crippen LogP contribution in [0.2, 0.25) is 0 Å². The lowest BCUT2D eigenvalue weighted by molar-refractivity contribution is 0.102. The average Bonchev–Trinajstić information content (AvgIpc) is 2.63. The monoisotopic (exact) mass is 256 g/mol. The molecule has 1 rings (SSSR count). The van der Waals surface area contributed by atoms with Crippen molar-refractivity contribution in [3.63, 3.8) is 0 Å². The standard InChI is InChI=1S/C15H32N2O/c1-4-17(14(2)13-18-3)12-11-16-15-9-7-5-6-8-10-15/h14-16H,4-13H2,1-3H3. The van der Waals surface area contributed by atoms with Crippen molar-refractivity contribution in [2.45, 2.75) is 64.5 Å². The highest BCUT2D eigenvalue weighted by atomic mass is 16.5. The van der Waals surface area contributed by atoms with Gasteiger partial charge in [-0.1, -0.05) is 32.6 Å². The molecule has 3 heteroatoms. The van der Waals surface area contributed by atoms with E-state index in [0.717, 1.165) is 32.3 Å². The summed E-state index contributed by atoms with van der Waals surface area (Å²) in [7, 11) is 1.79. The molecule has 1 atom stereocenters. The van der Waals surface area contributed by atoms with Crippen LogP contribution in [0.15, 0.2) is 0 Å². The van der Waals surface area contributed by atoms with Gasteiger partial charge in [0.2, 0.25) is 0 Å². The molecule has 0 amide bonds. The zero-order valence-corrected chi connectivity index (χ0v) is 12.6. The molecule has 1 unspecified atom stereocenters. The van der Waals surface area contributed by atoms with Gasteiger partial charge in [0, 0.05) is 32.3 Å². The maximum Gasteiger partial charge on any atom is 0.0615 e. The fourth-order valence-corrected chi connectivity index (χ4v) is 2.93. The molecule has 0 aromatic carbocycles. The highest BCUT2D eigenvalue weighted by Crippen LogP contribution is 2.16. The van der Waals surface area contributed by atoms with Crippen LogP contribution in [0.4, 0.5) is 0 Å². The zero-order valence-electron chi connectivity index (χ0n) is 12.6. The number of nitrogens with one attached hydrogen (secondary N) is 1. The highest BCUT2D eigenvalue weighted by Gasteiger charge is 2.14. The summed E-state index contributed by atoms with van der Waals surface area (Å²) in [4.78, 5) is 2.49. The summed E-state index contributed by atoms with van der Waals surface area (Å²) < 4.78 is 5.24. The van der Waals surface area contributed by atoms with E-state index >= 15 is 0 Å². The smallest absolute Gasteiger partial charge is 0.0615 e. The van der Waals surface area contributed by atoms with Gasteiger partial charge in [-0.15, -0.1) is 0 Å². The topological polar surface area (TPSA) is 24.5 Å². The van der Waals surface area contributed by atoms with Crippen LogP contribution in [0.1, 0.15) is 52.4 Å². The van der Waals surface area contributed by atoms with Crippen LogP contribution in [0, 0.1) is 0 Å². The van der Waals surface area contributed by atoms with E-state index in [0.29, 0.717) is 6.04 Å². The zero-order chi connectivity index (χ0) is 13.2. The molecule has 0 saturated heterocycles. The van der Waals surface area contributed by atoms with E-state index in [1.165, 1.54) is 38.5 Å². The predicted octanol–water partition coefficient (Wildman–Crippen LogP) is 2.66. The number of hydrogen-bond acceptors (Lipinski definition) is 3. The Balaban J connectivity index is 2.17. The van der Waals surface area contributed by atoms with Crippen LogP contribution in [0.25, 0.3) is 0 Å². The van der Waals surface area contributed by atoms with Gasteiger partial charge in [-0.3, -0.25) is 4.90 Å². The van der Waals surface area contributed by atoms with E-state index in [9.17, 15) is 0 Å². The van der Waals surface area contributed by atoms with Crippen LogP contribution in [0.5, 0.6) is 0 Å². The lowest BCUT2D eigenvalue weighted by Gasteiger charge is -2.28. The van der Waals surface area contributed by atoms with Crippen LogP contribution < -0.4 is 5.32 Å². The summed E-state index contributed by atoms with van der Waals surface area (Å²) in [5, 5.41) is 3.74. The van der Waals surface area contributed by atoms with Crippen molar-refractivity contribution in [2.75, 3.05) is 33.4 Å². The molecule has 1 aliphatic carbocycles. The fourth-order valence-electron chi connectivity index (χ4n) is 2.93. The minimum atomic E-state index is 0.524. The Morgan fingerprint density at radius 2 is 1.89 bits per heavy atom. The largest absolute Gasteiger partial charge is 0.383 e. The molecule has 1 fully saturated rings. The van der Waals surface area contributed by atoms with Crippen LogP contribution >= 0.6 is 0 Å². The highest BCUT2D eigenvalue weighted by molar-refractivity contribution is 4.72. The molecule has 0 heterocycles. The number of nitrogens with zero attached hydrogens (tertiary/aromatic N) is 1. The Hall–Kier alpha value is -0.120. The van der Waals surface area contributed by atoms with Crippen LogP contribution in [-0.4, -0.2) is 50.3 Å². The maximum absolute atomic E-state index is 5.24. The Morgan fingerprint density at radius 1 is 1.22 bits per heavy atom. The molecule has 0 radical (unpaired) electrons. The summed E-state index contributed by atoms with van der Waals surface area (Å²) in [6.45, 7) is 8.68. The van der Waals surface area contributed by atoms with Gasteiger partial charge in [0.1, 0.15) is 0 Å². The molecule has 0 bridgehead atoms. The normalized spacial score (nSPS) is 20.0. The predicted molar refractivity (Wildman–Crippen MR) is 78.1 cm³/mol. The number of ether oxygens (including phenoxy) is 1. The molecule has 3 nitrogen and oxygen atoms in total. The van der Waals surface area contributed by atoms with Crippen molar-refractivity contribution in [1.82, 2.24) is 10.2 Å². The van der Waals surface area contributed by atoms with Crippen molar-refractivity contribution in [3.05, 3.63) is 0 Å². The summed E-state index contributed by atoms with van der Waals surface area (Å²) in [5.74, 6) is 0. The van der Waals surface area contributed by atoms with E-state index in [2.05, 4.69) is 24.1 Å². The van der Waals surface area contributed by atoms with Crippen molar-refractivity contribution in [3.8, 4) is 0 Å². The van der Waals surface area contributed by atoms with Gasteiger partial charge in [0.05, 0.1) is 6.61 Å². The van der Waals surface area contributed by atoms with Crippen molar-refractivity contribution < 1.29 is 4.74 Å². The first kappa shape index (κ1) is 15.9. The second-order valence-electron chi connectivity index (χ2n) is 5.58. The molecule has 1 saturated carbocycles. The average molecular weight is 256 g/mol. The summed E-state index contributed by atoms with van der Waals surface area (Å²) in [5.41, 5.74) is 0. The Morgan fingerprint density at radius 3 is 2.44 bits per heavy atom. The van der Waals surface area contributed by atoms with E-state index in [-0.39, 0.29) is 0 Å². The van der Waals surface area contributed by atoms with Gasteiger partial charge in [-0.2, -0.15) is 0 Å². The fraction of sp³-hybridized carbons (Fsp3) is 1.00. The second kappa shape index (κ2) is 9.76. The third-order valence-electron chi connectivity index (χ3n) is 4.12. The van der Waals surface area contributed by atoms with Crippen LogP contribution in [0.3, 0.4) is 0 Å². The van der Waals surface area contributed by atoms with Gasteiger partial charge in [0.25, 0.3) is 0 Å². The molecule has 0 aliphatic heterocycles. The Labute approximate surface area is 113 Å². The summed E-state index contributed by atoms with van der Waals surface area (Å²) >= 11 is 0. The van der Waals surface area contributed by atoms with Crippen molar-refractivity contribution >= 4 is 0 Å². The quantitative estimate of drug-likeness (QED) is 0.676. The third-order valence-corrected chi connectivity index (χ3v) is 4.12. The molecule has 0 aromatic heterocycles. The number of hydrogen-bond donors (Lipinski definition) is 1. The SMILES string of the molecule is CCN(CCNC1CCCCCC1)C(C)COC. The lowest BCUT2D eigenvalue weighted by atomic mass is 10.1. The van der Waals surface area contributed by atoms with E-state index in [4.69, 9.17) is 4.74 Å². The molecule has 1 aliphatic rings. The summed E-state index contributed by atoms with van der Waals surface area (Å²) in [6, 6.07) is 1.29. The Kier molecular flexibility index (Phi) is 8.64. The van der Waals surface area contributed by atoms with Gasteiger partial charge in [-0.25, -0.2) is 0 Å². The molecular weight excluding hydrogens is 224 g/mol. The van der Waals surface area contributed by atoms with Crippen molar-refractivity contribution in [2.24, 2.45) is 0 Å². The number of rotatable bonds is 8. The second-order valence-corrected chi connectivity index (χ2v) is 5.58. The van der Waals surface area contributed by atoms with Crippen molar-refractivity contribution in [1.29, 1.82) is 0 Å². The molecule has 1 N–H and O–H groups in total. The number of likely N-dealkylation sites (N-methyl/N-ethyl adjacent to an activating group) is 1. The molecule has 18 heavy (non-hydrogen) atoms.